The van der Waals surface area contributed by atoms with Gasteiger partial charge in [-0.1, -0.05) is 84.9 Å². The first-order valence-electron chi connectivity index (χ1n) is 15.3. The van der Waals surface area contributed by atoms with E-state index in [9.17, 15) is 14.4 Å². The molecular weight excluding hydrogens is 550 g/mol. The van der Waals surface area contributed by atoms with Crippen molar-refractivity contribution in [2.45, 2.75) is 25.7 Å². The SMILES string of the molecule is CCOC(=O)CN1CCc2c(C(=O)NCCN(CCC(c3ccccc3)c3ccccc3)C(=O)c3ccccc3)cccc21. The van der Waals surface area contributed by atoms with Crippen LogP contribution in [-0.4, -0.2) is 62.0 Å². The van der Waals surface area contributed by atoms with Crippen LogP contribution in [0.2, 0.25) is 0 Å². The number of ether oxygens (including phenoxy) is 1. The fraction of sp³-hybridized carbons (Fsp3) is 0.270. The molecule has 0 unspecified atom stereocenters. The number of carbonyl (C=O) groups excluding carboxylic acids is 3. The third-order valence-electron chi connectivity index (χ3n) is 8.06. The molecule has 7 nitrogen and oxygen atoms in total. The summed E-state index contributed by atoms with van der Waals surface area (Å²) in [5.74, 6) is -0.393. The molecule has 44 heavy (non-hydrogen) atoms. The zero-order chi connectivity index (χ0) is 30.7. The molecular formula is C37H39N3O4. The van der Waals surface area contributed by atoms with Crippen LogP contribution in [-0.2, 0) is 16.0 Å². The van der Waals surface area contributed by atoms with Crippen LogP contribution >= 0.6 is 0 Å². The van der Waals surface area contributed by atoms with Crippen LogP contribution in [0.5, 0.6) is 0 Å². The van der Waals surface area contributed by atoms with Gasteiger partial charge in [0.15, 0.2) is 0 Å². The van der Waals surface area contributed by atoms with Crippen LogP contribution in [0, 0.1) is 0 Å². The molecule has 0 aliphatic carbocycles. The Kier molecular flexibility index (Phi) is 10.4. The number of esters is 1. The van der Waals surface area contributed by atoms with Gasteiger partial charge in [-0.05, 0) is 60.7 Å². The van der Waals surface area contributed by atoms with E-state index in [0.29, 0.717) is 50.3 Å². The fourth-order valence-corrected chi connectivity index (χ4v) is 5.90. The van der Waals surface area contributed by atoms with E-state index >= 15 is 0 Å². The Balaban J connectivity index is 1.28. The quantitative estimate of drug-likeness (QED) is 0.202. The molecule has 1 aliphatic rings. The van der Waals surface area contributed by atoms with Crippen molar-refractivity contribution in [2.24, 2.45) is 0 Å². The van der Waals surface area contributed by atoms with Crippen LogP contribution in [0.1, 0.15) is 56.7 Å². The maximum absolute atomic E-state index is 13.7. The number of nitrogens with one attached hydrogen (secondary N) is 1. The van der Waals surface area contributed by atoms with Gasteiger partial charge in [0, 0.05) is 48.9 Å². The summed E-state index contributed by atoms with van der Waals surface area (Å²) in [6.07, 6.45) is 1.42. The topological polar surface area (TPSA) is 79.0 Å². The van der Waals surface area contributed by atoms with E-state index in [1.807, 2.05) is 94.7 Å². The third-order valence-corrected chi connectivity index (χ3v) is 8.06. The summed E-state index contributed by atoms with van der Waals surface area (Å²) in [4.78, 5) is 42.9. The molecule has 1 N–H and O–H groups in total. The number of benzene rings is 4. The average Bonchev–Trinajstić information content (AvgIpc) is 3.47. The summed E-state index contributed by atoms with van der Waals surface area (Å²) in [6, 6.07) is 35.6. The molecule has 0 saturated carbocycles. The Bertz CT molecular complexity index is 1500. The summed E-state index contributed by atoms with van der Waals surface area (Å²) >= 11 is 0. The summed E-state index contributed by atoms with van der Waals surface area (Å²) in [5.41, 5.74) is 5.45. The van der Waals surface area contributed by atoms with Gasteiger partial charge in [-0.2, -0.15) is 0 Å². The molecule has 0 radical (unpaired) electrons. The minimum atomic E-state index is -0.278. The highest BCUT2D eigenvalue weighted by Crippen LogP contribution is 2.31. The van der Waals surface area contributed by atoms with Crippen molar-refractivity contribution in [3.05, 3.63) is 137 Å². The van der Waals surface area contributed by atoms with Gasteiger partial charge in [-0.15, -0.1) is 0 Å². The highest BCUT2D eigenvalue weighted by atomic mass is 16.5. The number of hydrogen-bond acceptors (Lipinski definition) is 5. The van der Waals surface area contributed by atoms with Gasteiger partial charge in [0.25, 0.3) is 11.8 Å². The smallest absolute Gasteiger partial charge is 0.325 e. The van der Waals surface area contributed by atoms with Crippen LogP contribution in [0.4, 0.5) is 5.69 Å². The summed E-state index contributed by atoms with van der Waals surface area (Å²) in [7, 11) is 0. The van der Waals surface area contributed by atoms with E-state index in [2.05, 4.69) is 29.6 Å². The van der Waals surface area contributed by atoms with Gasteiger partial charge >= 0.3 is 5.97 Å². The van der Waals surface area contributed by atoms with Crippen molar-refractivity contribution in [1.29, 1.82) is 0 Å². The van der Waals surface area contributed by atoms with E-state index in [-0.39, 0.29) is 30.2 Å². The molecule has 7 heteroatoms. The van der Waals surface area contributed by atoms with Crippen LogP contribution < -0.4 is 10.2 Å². The normalized spacial score (nSPS) is 12.1. The van der Waals surface area contributed by atoms with Gasteiger partial charge in [-0.3, -0.25) is 14.4 Å². The number of hydrogen-bond donors (Lipinski definition) is 1. The van der Waals surface area contributed by atoms with Crippen molar-refractivity contribution in [1.82, 2.24) is 10.2 Å². The van der Waals surface area contributed by atoms with E-state index in [0.717, 1.165) is 17.7 Å². The van der Waals surface area contributed by atoms with Crippen molar-refractivity contribution < 1.29 is 19.1 Å². The molecule has 0 aromatic heterocycles. The van der Waals surface area contributed by atoms with Crippen molar-refractivity contribution in [3.63, 3.8) is 0 Å². The fourth-order valence-electron chi connectivity index (χ4n) is 5.90. The average molecular weight is 590 g/mol. The number of carbonyl (C=O) groups is 3. The Hall–Kier alpha value is -4.91. The minimum absolute atomic E-state index is 0.0602. The monoisotopic (exact) mass is 589 g/mol. The first-order valence-corrected chi connectivity index (χ1v) is 15.3. The molecule has 5 rings (SSSR count). The lowest BCUT2D eigenvalue weighted by Gasteiger charge is -2.26. The molecule has 0 spiro atoms. The van der Waals surface area contributed by atoms with Gasteiger partial charge < -0.3 is 19.9 Å². The Morgan fingerprint density at radius 3 is 2.09 bits per heavy atom. The molecule has 1 heterocycles. The number of anilines is 1. The third kappa shape index (κ3) is 7.53. The maximum atomic E-state index is 13.7. The standard InChI is InChI=1S/C37H39N3O4/c1-2-44-35(41)27-40-25-22-32-33(19-12-20-34(32)40)36(42)38-23-26-39(37(43)30-17-10-5-11-18-30)24-21-31(28-13-6-3-7-14-28)29-15-8-4-9-16-29/h3-20,31H,2,21-27H2,1H3,(H,38,42). The number of amides is 2. The van der Waals surface area contributed by atoms with Crippen molar-refractivity contribution >= 4 is 23.5 Å². The summed E-state index contributed by atoms with van der Waals surface area (Å²) < 4.78 is 5.12. The Morgan fingerprint density at radius 1 is 0.818 bits per heavy atom. The second kappa shape index (κ2) is 15.0. The second-order valence-electron chi connectivity index (χ2n) is 10.9. The van der Waals surface area contributed by atoms with Gasteiger partial charge in [0.05, 0.1) is 6.61 Å². The predicted molar refractivity (Wildman–Crippen MR) is 173 cm³/mol. The molecule has 0 fully saturated rings. The first kappa shape index (κ1) is 30.5. The van der Waals surface area contributed by atoms with E-state index < -0.39 is 0 Å². The van der Waals surface area contributed by atoms with Gasteiger partial charge in [0.2, 0.25) is 0 Å². The second-order valence-corrected chi connectivity index (χ2v) is 10.9. The van der Waals surface area contributed by atoms with Crippen LogP contribution in [0.25, 0.3) is 0 Å². The Labute approximate surface area is 259 Å². The molecule has 226 valence electrons. The van der Waals surface area contributed by atoms with Gasteiger partial charge in [-0.25, -0.2) is 0 Å². The minimum Gasteiger partial charge on any atom is -0.465 e. The highest BCUT2D eigenvalue weighted by Gasteiger charge is 2.26. The molecule has 4 aromatic carbocycles. The van der Waals surface area contributed by atoms with Crippen molar-refractivity contribution in [3.8, 4) is 0 Å². The number of nitrogens with zero attached hydrogens (tertiary/aromatic N) is 2. The van der Waals surface area contributed by atoms with E-state index in [1.165, 1.54) is 11.1 Å². The zero-order valence-corrected chi connectivity index (χ0v) is 25.2. The molecule has 0 bridgehead atoms. The number of rotatable bonds is 13. The predicted octanol–water partition coefficient (Wildman–Crippen LogP) is 5.71. The Morgan fingerprint density at radius 2 is 1.45 bits per heavy atom. The number of fused-ring (bicyclic) bond motifs is 1. The largest absolute Gasteiger partial charge is 0.465 e. The van der Waals surface area contributed by atoms with E-state index in [4.69, 9.17) is 4.74 Å². The lowest BCUT2D eigenvalue weighted by molar-refractivity contribution is -0.141. The lowest BCUT2D eigenvalue weighted by Crippen LogP contribution is -2.39. The van der Waals surface area contributed by atoms with Crippen LogP contribution in [0.15, 0.2) is 109 Å². The summed E-state index contributed by atoms with van der Waals surface area (Å²) in [6.45, 7) is 4.16. The zero-order valence-electron chi connectivity index (χ0n) is 25.2. The van der Waals surface area contributed by atoms with Gasteiger partial charge in [0.1, 0.15) is 6.54 Å². The molecule has 0 saturated heterocycles. The molecule has 2 amide bonds. The summed E-state index contributed by atoms with van der Waals surface area (Å²) in [5, 5.41) is 3.05. The van der Waals surface area contributed by atoms with E-state index in [1.54, 1.807) is 6.92 Å². The first-order chi connectivity index (χ1) is 21.5. The highest BCUT2D eigenvalue weighted by molar-refractivity contribution is 5.98. The maximum Gasteiger partial charge on any atom is 0.325 e. The molecule has 1 aliphatic heterocycles. The molecule has 0 atom stereocenters. The van der Waals surface area contributed by atoms with Crippen LogP contribution in [0.3, 0.4) is 0 Å². The van der Waals surface area contributed by atoms with Crippen molar-refractivity contribution in [2.75, 3.05) is 44.2 Å². The lowest BCUT2D eigenvalue weighted by atomic mass is 9.88. The molecule has 4 aromatic rings.